The summed E-state index contributed by atoms with van der Waals surface area (Å²) in [6, 6.07) is 10.8. The highest BCUT2D eigenvalue weighted by Gasteiger charge is 2.08. The number of aryl methyl sites for hydroxylation is 1. The fraction of sp³-hybridized carbons (Fsp3) is 0.118. The Kier molecular flexibility index (Phi) is 4.77. The monoisotopic (exact) mass is 342 g/mol. The largest absolute Gasteiger partial charge is 0.360 e. The molecule has 1 aromatic carbocycles. The molecule has 0 unspecified atom stereocenters. The Morgan fingerprint density at radius 1 is 1.21 bits per heavy atom. The van der Waals surface area contributed by atoms with Crippen molar-refractivity contribution in [2.24, 2.45) is 0 Å². The van der Waals surface area contributed by atoms with Gasteiger partial charge in [-0.25, -0.2) is 0 Å². The van der Waals surface area contributed by atoms with Crippen molar-refractivity contribution >= 4 is 29.0 Å². The van der Waals surface area contributed by atoms with Gasteiger partial charge in [0.2, 0.25) is 0 Å². The van der Waals surface area contributed by atoms with Crippen molar-refractivity contribution in [2.75, 3.05) is 5.32 Å². The summed E-state index contributed by atoms with van der Waals surface area (Å²) in [6.45, 7) is 2.22. The Morgan fingerprint density at radius 2 is 2.00 bits per heavy atom. The highest BCUT2D eigenvalue weighted by Crippen LogP contribution is 2.16. The number of nitrogens with zero attached hydrogens (tertiary/aromatic N) is 2. The Labute approximate surface area is 143 Å². The molecule has 0 atom stereocenters. The highest BCUT2D eigenvalue weighted by atomic mass is 35.5. The minimum atomic E-state index is -0.211. The van der Waals surface area contributed by atoms with Crippen LogP contribution in [0.1, 0.15) is 21.7 Å². The summed E-state index contributed by atoms with van der Waals surface area (Å²) in [6.07, 6.45) is 3.12. The molecule has 1 amide bonds. The van der Waals surface area contributed by atoms with Crippen molar-refractivity contribution in [3.63, 3.8) is 0 Å². The Balaban J connectivity index is 1.64. The molecule has 0 aliphatic heterocycles. The fourth-order valence-corrected chi connectivity index (χ4v) is 2.22. The number of benzene rings is 1. The average molecular weight is 343 g/mol. The van der Waals surface area contributed by atoms with Gasteiger partial charge in [-0.2, -0.15) is 0 Å². The average Bonchev–Trinajstić information content (AvgIpc) is 2.99. The van der Waals surface area contributed by atoms with E-state index < -0.39 is 0 Å². The summed E-state index contributed by atoms with van der Waals surface area (Å²) in [5, 5.41) is 10.4. The van der Waals surface area contributed by atoms with Crippen LogP contribution in [0.4, 0.5) is 11.5 Å². The molecule has 2 heterocycles. The van der Waals surface area contributed by atoms with Gasteiger partial charge in [-0.1, -0.05) is 28.9 Å². The van der Waals surface area contributed by atoms with E-state index in [1.165, 1.54) is 6.20 Å². The van der Waals surface area contributed by atoms with Gasteiger partial charge in [-0.3, -0.25) is 9.78 Å². The molecule has 0 spiro atoms. The molecule has 6 nitrogen and oxygen atoms in total. The van der Waals surface area contributed by atoms with Crippen molar-refractivity contribution in [2.45, 2.75) is 13.5 Å². The molecule has 7 heteroatoms. The summed E-state index contributed by atoms with van der Waals surface area (Å²) in [5.41, 5.74) is 2.07. The maximum atomic E-state index is 12.3. The molecule has 0 aliphatic rings. The lowest BCUT2D eigenvalue weighted by Crippen LogP contribution is -2.23. The topological polar surface area (TPSA) is 80.0 Å². The van der Waals surface area contributed by atoms with Crippen molar-refractivity contribution in [3.8, 4) is 0 Å². The lowest BCUT2D eigenvalue weighted by molar-refractivity contribution is 0.0950. The number of hydrogen-bond donors (Lipinski definition) is 2. The number of amides is 1. The summed E-state index contributed by atoms with van der Waals surface area (Å²) in [7, 11) is 0. The SMILES string of the molecule is Cc1cc(Nc2cncc(C(=O)NCc3ccc(Cl)cc3)c2)no1. The summed E-state index contributed by atoms with van der Waals surface area (Å²) >= 11 is 5.84. The first-order chi connectivity index (χ1) is 11.6. The van der Waals surface area contributed by atoms with E-state index in [2.05, 4.69) is 20.8 Å². The zero-order valence-electron chi connectivity index (χ0n) is 12.9. The molecule has 2 aromatic heterocycles. The maximum Gasteiger partial charge on any atom is 0.253 e. The van der Waals surface area contributed by atoms with Gasteiger partial charge >= 0.3 is 0 Å². The van der Waals surface area contributed by atoms with Crippen LogP contribution in [-0.2, 0) is 6.54 Å². The lowest BCUT2D eigenvalue weighted by atomic mass is 10.2. The number of hydrogen-bond acceptors (Lipinski definition) is 5. The lowest BCUT2D eigenvalue weighted by Gasteiger charge is -2.07. The van der Waals surface area contributed by atoms with E-state index in [-0.39, 0.29) is 5.91 Å². The second-order valence-electron chi connectivity index (χ2n) is 5.22. The minimum Gasteiger partial charge on any atom is -0.360 e. The number of carbonyl (C=O) groups excluding carboxylic acids is 1. The van der Waals surface area contributed by atoms with Gasteiger partial charge in [0, 0.05) is 23.8 Å². The standard InChI is InChI=1S/C17H15ClN4O2/c1-11-6-16(22-24-11)21-15-7-13(9-19-10-15)17(23)20-8-12-2-4-14(18)5-3-12/h2-7,9-10H,8H2,1H3,(H,20,23)(H,21,22). The quantitative estimate of drug-likeness (QED) is 0.739. The van der Waals surface area contributed by atoms with E-state index in [0.717, 1.165) is 5.56 Å². The van der Waals surface area contributed by atoms with Gasteiger partial charge in [0.1, 0.15) is 5.76 Å². The van der Waals surface area contributed by atoms with E-state index in [4.69, 9.17) is 16.1 Å². The van der Waals surface area contributed by atoms with Crippen LogP contribution in [0.25, 0.3) is 0 Å². The third-order valence-corrected chi connectivity index (χ3v) is 3.52. The van der Waals surface area contributed by atoms with E-state index in [0.29, 0.717) is 34.4 Å². The third kappa shape index (κ3) is 4.11. The van der Waals surface area contributed by atoms with Crippen molar-refractivity contribution < 1.29 is 9.32 Å². The first-order valence-electron chi connectivity index (χ1n) is 7.28. The van der Waals surface area contributed by atoms with Gasteiger partial charge in [0.05, 0.1) is 17.4 Å². The van der Waals surface area contributed by atoms with Crippen LogP contribution in [0, 0.1) is 6.92 Å². The highest BCUT2D eigenvalue weighted by molar-refractivity contribution is 6.30. The second-order valence-corrected chi connectivity index (χ2v) is 5.66. The molecule has 0 radical (unpaired) electrons. The predicted octanol–water partition coefficient (Wildman–Crippen LogP) is 3.71. The smallest absolute Gasteiger partial charge is 0.253 e. The molecular weight excluding hydrogens is 328 g/mol. The van der Waals surface area contributed by atoms with Crippen molar-refractivity contribution in [1.29, 1.82) is 0 Å². The number of anilines is 2. The van der Waals surface area contributed by atoms with Crippen LogP contribution < -0.4 is 10.6 Å². The number of pyridine rings is 1. The molecule has 3 rings (SSSR count). The summed E-state index contributed by atoms with van der Waals surface area (Å²) in [5.74, 6) is 1.05. The zero-order chi connectivity index (χ0) is 16.9. The molecular formula is C17H15ClN4O2. The van der Waals surface area contributed by atoms with Crippen LogP contribution >= 0.6 is 11.6 Å². The Morgan fingerprint density at radius 3 is 2.71 bits per heavy atom. The van der Waals surface area contributed by atoms with E-state index >= 15 is 0 Å². The molecule has 24 heavy (non-hydrogen) atoms. The van der Waals surface area contributed by atoms with Crippen molar-refractivity contribution in [3.05, 3.63) is 70.7 Å². The van der Waals surface area contributed by atoms with Gasteiger partial charge in [0.25, 0.3) is 5.91 Å². The Hall–Kier alpha value is -2.86. The first-order valence-corrected chi connectivity index (χ1v) is 7.66. The number of aromatic nitrogens is 2. The summed E-state index contributed by atoms with van der Waals surface area (Å²) in [4.78, 5) is 16.3. The summed E-state index contributed by atoms with van der Waals surface area (Å²) < 4.78 is 4.99. The fourth-order valence-electron chi connectivity index (χ4n) is 2.09. The van der Waals surface area contributed by atoms with Crippen LogP contribution in [-0.4, -0.2) is 16.0 Å². The van der Waals surface area contributed by atoms with Crippen LogP contribution in [0.15, 0.2) is 53.3 Å². The van der Waals surface area contributed by atoms with Gasteiger partial charge in [-0.05, 0) is 30.7 Å². The third-order valence-electron chi connectivity index (χ3n) is 3.27. The molecule has 0 saturated heterocycles. The van der Waals surface area contributed by atoms with Crippen molar-refractivity contribution in [1.82, 2.24) is 15.5 Å². The van der Waals surface area contributed by atoms with Crippen LogP contribution in [0.2, 0.25) is 5.02 Å². The van der Waals surface area contributed by atoms with Crippen LogP contribution in [0.3, 0.4) is 0 Å². The first kappa shape index (κ1) is 16.0. The molecule has 0 bridgehead atoms. The second kappa shape index (κ2) is 7.14. The van der Waals surface area contributed by atoms with Gasteiger partial charge in [-0.15, -0.1) is 0 Å². The van der Waals surface area contributed by atoms with Gasteiger partial charge in [0.15, 0.2) is 5.82 Å². The number of nitrogens with one attached hydrogen (secondary N) is 2. The molecule has 0 saturated carbocycles. The predicted molar refractivity (Wildman–Crippen MR) is 91.4 cm³/mol. The minimum absolute atomic E-state index is 0.211. The number of halogens is 1. The zero-order valence-corrected chi connectivity index (χ0v) is 13.7. The molecule has 0 fully saturated rings. The molecule has 3 aromatic rings. The normalized spacial score (nSPS) is 10.4. The van der Waals surface area contributed by atoms with E-state index in [1.807, 2.05) is 12.1 Å². The number of carbonyl (C=O) groups is 1. The maximum absolute atomic E-state index is 12.3. The Bertz CT molecular complexity index is 846. The van der Waals surface area contributed by atoms with E-state index in [9.17, 15) is 4.79 Å². The molecule has 122 valence electrons. The van der Waals surface area contributed by atoms with Gasteiger partial charge < -0.3 is 15.2 Å². The number of rotatable bonds is 5. The van der Waals surface area contributed by atoms with Crippen LogP contribution in [0.5, 0.6) is 0 Å². The molecule has 0 aliphatic carbocycles. The van der Waals surface area contributed by atoms with E-state index in [1.54, 1.807) is 37.4 Å². The molecule has 2 N–H and O–H groups in total.